The molecule has 0 heterocycles. The van der Waals surface area contributed by atoms with E-state index in [0.29, 0.717) is 19.7 Å². The molecule has 0 aliphatic heterocycles. The van der Waals surface area contributed by atoms with E-state index in [0.717, 1.165) is 11.3 Å². The molecule has 1 rings (SSSR count). The molecule has 21 heavy (non-hydrogen) atoms. The van der Waals surface area contributed by atoms with Crippen molar-refractivity contribution in [3.8, 4) is 5.75 Å². The van der Waals surface area contributed by atoms with Crippen LogP contribution in [0.2, 0.25) is 0 Å². The summed E-state index contributed by atoms with van der Waals surface area (Å²) in [5.74, 6) is 0.805. The van der Waals surface area contributed by atoms with Gasteiger partial charge in [0, 0.05) is 24.2 Å². The maximum Gasteiger partial charge on any atom is 0.251 e. The van der Waals surface area contributed by atoms with Crippen LogP contribution in [0.5, 0.6) is 5.75 Å². The number of hydrogen-bond donors (Lipinski definition) is 1. The van der Waals surface area contributed by atoms with Gasteiger partial charge in [0.1, 0.15) is 12.4 Å². The van der Waals surface area contributed by atoms with E-state index >= 15 is 0 Å². The van der Waals surface area contributed by atoms with Gasteiger partial charge in [0.2, 0.25) is 0 Å². The van der Waals surface area contributed by atoms with Gasteiger partial charge in [-0.3, -0.25) is 4.90 Å². The predicted molar refractivity (Wildman–Crippen MR) is 82.0 cm³/mol. The van der Waals surface area contributed by atoms with Gasteiger partial charge in [-0.15, -0.1) is 0 Å². The standard InChI is InChI=1S/C16H26F2N2O/c1-16(2,3)19-11-13-7-5-6-8-14(13)21-10-9-20(4)12-15(17)18/h5-8,15,19H,9-12H2,1-4H3. The first kappa shape index (κ1) is 17.9. The summed E-state index contributed by atoms with van der Waals surface area (Å²) in [5.41, 5.74) is 1.11. The second-order valence-corrected chi connectivity index (χ2v) is 6.21. The van der Waals surface area contributed by atoms with Crippen molar-refractivity contribution in [2.45, 2.75) is 39.3 Å². The zero-order chi connectivity index (χ0) is 15.9. The van der Waals surface area contributed by atoms with Crippen LogP contribution in [0.3, 0.4) is 0 Å². The third-order valence-corrected chi connectivity index (χ3v) is 2.96. The molecular formula is C16H26F2N2O. The summed E-state index contributed by atoms with van der Waals surface area (Å²) in [7, 11) is 1.67. The van der Waals surface area contributed by atoms with E-state index < -0.39 is 6.43 Å². The van der Waals surface area contributed by atoms with Crippen LogP contribution >= 0.6 is 0 Å². The van der Waals surface area contributed by atoms with E-state index in [9.17, 15) is 8.78 Å². The van der Waals surface area contributed by atoms with Gasteiger partial charge in [-0.1, -0.05) is 18.2 Å². The first-order valence-corrected chi connectivity index (χ1v) is 7.20. The van der Waals surface area contributed by atoms with Gasteiger partial charge in [-0.05, 0) is 33.9 Å². The van der Waals surface area contributed by atoms with Crippen molar-refractivity contribution in [3.63, 3.8) is 0 Å². The van der Waals surface area contributed by atoms with Gasteiger partial charge in [0.05, 0.1) is 6.54 Å². The van der Waals surface area contributed by atoms with Crippen LogP contribution in [0.1, 0.15) is 26.3 Å². The summed E-state index contributed by atoms with van der Waals surface area (Å²) in [6.07, 6.45) is -2.31. The Kier molecular flexibility index (Phi) is 7.05. The van der Waals surface area contributed by atoms with Crippen LogP contribution in [0.15, 0.2) is 24.3 Å². The molecule has 0 saturated heterocycles. The highest BCUT2D eigenvalue weighted by atomic mass is 19.3. The number of nitrogens with one attached hydrogen (secondary N) is 1. The highest BCUT2D eigenvalue weighted by molar-refractivity contribution is 5.33. The Bertz CT molecular complexity index is 419. The van der Waals surface area contributed by atoms with Crippen LogP contribution in [-0.4, -0.2) is 43.6 Å². The summed E-state index contributed by atoms with van der Waals surface area (Å²) in [5, 5.41) is 3.41. The van der Waals surface area contributed by atoms with E-state index in [2.05, 4.69) is 26.1 Å². The number of hydrogen-bond acceptors (Lipinski definition) is 3. The third kappa shape index (κ3) is 7.97. The molecule has 1 N–H and O–H groups in total. The Morgan fingerprint density at radius 3 is 2.52 bits per heavy atom. The Hall–Kier alpha value is -1.20. The van der Waals surface area contributed by atoms with Crippen molar-refractivity contribution >= 4 is 0 Å². The predicted octanol–water partition coefficient (Wildman–Crippen LogP) is 3.15. The first-order chi connectivity index (χ1) is 9.78. The minimum absolute atomic E-state index is 0.0323. The number of rotatable bonds is 8. The quantitative estimate of drug-likeness (QED) is 0.798. The van der Waals surface area contributed by atoms with Crippen LogP contribution in [0.4, 0.5) is 8.78 Å². The zero-order valence-electron chi connectivity index (χ0n) is 13.3. The highest BCUT2D eigenvalue weighted by Gasteiger charge is 2.11. The minimum atomic E-state index is -2.31. The van der Waals surface area contributed by atoms with Gasteiger partial charge >= 0.3 is 0 Å². The lowest BCUT2D eigenvalue weighted by atomic mass is 10.1. The lowest BCUT2D eigenvalue weighted by molar-refractivity contribution is 0.0934. The van der Waals surface area contributed by atoms with Crippen molar-refractivity contribution in [2.24, 2.45) is 0 Å². The number of alkyl halides is 2. The van der Waals surface area contributed by atoms with E-state index in [-0.39, 0.29) is 12.1 Å². The number of ether oxygens (including phenoxy) is 1. The number of halogens is 2. The molecule has 1 aromatic rings. The Morgan fingerprint density at radius 2 is 1.90 bits per heavy atom. The summed E-state index contributed by atoms with van der Waals surface area (Å²) in [6.45, 7) is 7.69. The van der Waals surface area contributed by atoms with E-state index in [1.54, 1.807) is 11.9 Å². The summed E-state index contributed by atoms with van der Waals surface area (Å²) in [4.78, 5) is 1.57. The zero-order valence-corrected chi connectivity index (χ0v) is 13.3. The maximum atomic E-state index is 12.2. The smallest absolute Gasteiger partial charge is 0.251 e. The fraction of sp³-hybridized carbons (Fsp3) is 0.625. The molecule has 1 aromatic carbocycles. The number of benzene rings is 1. The average Bonchev–Trinajstić information content (AvgIpc) is 2.35. The van der Waals surface area contributed by atoms with E-state index in [1.807, 2.05) is 24.3 Å². The summed E-state index contributed by atoms with van der Waals surface area (Å²) in [6, 6.07) is 7.80. The largest absolute Gasteiger partial charge is 0.492 e. The topological polar surface area (TPSA) is 24.5 Å². The van der Waals surface area contributed by atoms with Gasteiger partial charge in [0.15, 0.2) is 0 Å². The molecule has 0 amide bonds. The van der Waals surface area contributed by atoms with Crippen LogP contribution in [0.25, 0.3) is 0 Å². The SMILES string of the molecule is CN(CCOc1ccccc1CNC(C)(C)C)CC(F)F. The molecule has 0 bridgehead atoms. The molecule has 120 valence electrons. The van der Waals surface area contributed by atoms with Gasteiger partial charge in [0.25, 0.3) is 6.43 Å². The van der Waals surface area contributed by atoms with Crippen molar-refractivity contribution < 1.29 is 13.5 Å². The van der Waals surface area contributed by atoms with Crippen LogP contribution in [-0.2, 0) is 6.54 Å². The number of para-hydroxylation sites is 1. The van der Waals surface area contributed by atoms with E-state index in [4.69, 9.17) is 4.74 Å². The van der Waals surface area contributed by atoms with Gasteiger partial charge in [-0.25, -0.2) is 8.78 Å². The molecule has 0 atom stereocenters. The van der Waals surface area contributed by atoms with Gasteiger partial charge < -0.3 is 10.1 Å². The number of nitrogens with zero attached hydrogens (tertiary/aromatic N) is 1. The van der Waals surface area contributed by atoms with Gasteiger partial charge in [-0.2, -0.15) is 0 Å². The average molecular weight is 300 g/mol. The monoisotopic (exact) mass is 300 g/mol. The van der Waals surface area contributed by atoms with Crippen LogP contribution in [0, 0.1) is 0 Å². The van der Waals surface area contributed by atoms with Crippen molar-refractivity contribution in [3.05, 3.63) is 29.8 Å². The fourth-order valence-electron chi connectivity index (χ4n) is 1.79. The van der Waals surface area contributed by atoms with E-state index in [1.165, 1.54) is 0 Å². The van der Waals surface area contributed by atoms with Crippen molar-refractivity contribution in [1.29, 1.82) is 0 Å². The molecule has 0 unspecified atom stereocenters. The molecule has 0 radical (unpaired) electrons. The highest BCUT2D eigenvalue weighted by Crippen LogP contribution is 2.18. The lowest BCUT2D eigenvalue weighted by Gasteiger charge is -2.22. The number of likely N-dealkylation sites (N-methyl/N-ethyl adjacent to an activating group) is 1. The molecule has 0 aromatic heterocycles. The molecule has 5 heteroatoms. The molecule has 0 saturated carbocycles. The molecule has 0 spiro atoms. The molecular weight excluding hydrogens is 274 g/mol. The first-order valence-electron chi connectivity index (χ1n) is 7.20. The Balaban J connectivity index is 2.47. The second-order valence-electron chi connectivity index (χ2n) is 6.21. The third-order valence-electron chi connectivity index (χ3n) is 2.96. The maximum absolute atomic E-state index is 12.2. The Morgan fingerprint density at radius 1 is 1.24 bits per heavy atom. The normalized spacial score (nSPS) is 12.2. The molecule has 0 aliphatic carbocycles. The fourth-order valence-corrected chi connectivity index (χ4v) is 1.79. The van der Waals surface area contributed by atoms with Crippen molar-refractivity contribution in [1.82, 2.24) is 10.2 Å². The summed E-state index contributed by atoms with van der Waals surface area (Å²) >= 11 is 0. The minimum Gasteiger partial charge on any atom is -0.492 e. The van der Waals surface area contributed by atoms with Crippen molar-refractivity contribution in [2.75, 3.05) is 26.7 Å². The molecule has 3 nitrogen and oxygen atoms in total. The summed E-state index contributed by atoms with van der Waals surface area (Å²) < 4.78 is 30.2. The van der Waals surface area contributed by atoms with Crippen LogP contribution < -0.4 is 10.1 Å². The second kappa shape index (κ2) is 8.29. The lowest BCUT2D eigenvalue weighted by Crippen LogP contribution is -2.35. The Labute approximate surface area is 126 Å². The molecule has 0 fully saturated rings. The molecule has 0 aliphatic rings.